The number of amides is 2. The number of piperidine rings is 1. The summed E-state index contributed by atoms with van der Waals surface area (Å²) in [5.41, 5.74) is 1.41. The molecule has 0 spiro atoms. The quantitative estimate of drug-likeness (QED) is 0.870. The number of carbonyl (C=O) groups is 1. The van der Waals surface area contributed by atoms with Crippen LogP contribution in [0.5, 0.6) is 0 Å². The minimum absolute atomic E-state index is 0.179. The molecule has 1 saturated heterocycles. The predicted molar refractivity (Wildman–Crippen MR) is 96.1 cm³/mol. The van der Waals surface area contributed by atoms with Gasteiger partial charge in [-0.25, -0.2) is 9.48 Å². The molecule has 2 amide bonds. The second-order valence-electron chi connectivity index (χ2n) is 6.65. The first-order chi connectivity index (χ1) is 11.9. The molecule has 3 rings (SSSR count). The van der Waals surface area contributed by atoms with Crippen molar-refractivity contribution < 1.29 is 9.90 Å². The fourth-order valence-electron chi connectivity index (χ4n) is 3.13. The second kappa shape index (κ2) is 6.76. The van der Waals surface area contributed by atoms with Crippen LogP contribution in [0.2, 0.25) is 0 Å². The molecule has 2 atom stereocenters. The van der Waals surface area contributed by atoms with E-state index in [-0.39, 0.29) is 29.7 Å². The van der Waals surface area contributed by atoms with Gasteiger partial charge in [-0.3, -0.25) is 9.48 Å². The zero-order valence-corrected chi connectivity index (χ0v) is 14.8. The zero-order chi connectivity index (χ0) is 18.1. The van der Waals surface area contributed by atoms with E-state index < -0.39 is 6.10 Å². The smallest absolute Gasteiger partial charge is 0.322 e. The van der Waals surface area contributed by atoms with Gasteiger partial charge in [0.25, 0.3) is 5.56 Å². The summed E-state index contributed by atoms with van der Waals surface area (Å²) in [5.74, 6) is 0.179. The molecule has 0 saturated carbocycles. The van der Waals surface area contributed by atoms with Crippen LogP contribution < -0.4 is 10.9 Å². The summed E-state index contributed by atoms with van der Waals surface area (Å²) in [7, 11) is 1.78. The minimum atomic E-state index is -0.530. The molecular formula is C18H24N4O3. The first-order valence-electron chi connectivity index (χ1n) is 8.48. The standard InChI is InChI=1S/C18H24N4O3/c1-12-9-10-21(11-15(12)23)18(25)19-16-13(2)20(3)22(17(16)24)14-7-5-4-6-8-14/h4-8,12,15,23H,9-11H2,1-3H3,(H,19,25). The van der Waals surface area contributed by atoms with Gasteiger partial charge in [-0.2, -0.15) is 0 Å². The van der Waals surface area contributed by atoms with Crippen LogP contribution in [0.4, 0.5) is 10.5 Å². The molecule has 1 aliphatic heterocycles. The van der Waals surface area contributed by atoms with Crippen molar-refractivity contribution in [3.8, 4) is 5.69 Å². The van der Waals surface area contributed by atoms with Crippen molar-refractivity contribution in [2.24, 2.45) is 13.0 Å². The first kappa shape index (κ1) is 17.3. The summed E-state index contributed by atoms with van der Waals surface area (Å²) in [6.45, 7) is 4.62. The number of nitrogens with one attached hydrogen (secondary N) is 1. The van der Waals surface area contributed by atoms with Gasteiger partial charge in [-0.15, -0.1) is 0 Å². The molecule has 7 heteroatoms. The van der Waals surface area contributed by atoms with Gasteiger partial charge >= 0.3 is 6.03 Å². The zero-order valence-electron chi connectivity index (χ0n) is 14.8. The Hall–Kier alpha value is -2.54. The molecule has 7 nitrogen and oxygen atoms in total. The van der Waals surface area contributed by atoms with E-state index >= 15 is 0 Å². The number of likely N-dealkylation sites (tertiary alicyclic amines) is 1. The Morgan fingerprint density at radius 1 is 1.28 bits per heavy atom. The van der Waals surface area contributed by atoms with Crippen molar-refractivity contribution in [1.29, 1.82) is 0 Å². The summed E-state index contributed by atoms with van der Waals surface area (Å²) in [6, 6.07) is 8.94. The van der Waals surface area contributed by atoms with Crippen LogP contribution in [0.25, 0.3) is 5.69 Å². The number of urea groups is 1. The molecule has 2 aromatic rings. The second-order valence-corrected chi connectivity index (χ2v) is 6.65. The molecule has 2 heterocycles. The van der Waals surface area contributed by atoms with Crippen LogP contribution in [-0.4, -0.2) is 44.6 Å². The average molecular weight is 344 g/mol. The van der Waals surface area contributed by atoms with E-state index in [0.29, 0.717) is 12.2 Å². The van der Waals surface area contributed by atoms with Crippen LogP contribution >= 0.6 is 0 Å². The monoisotopic (exact) mass is 344 g/mol. The van der Waals surface area contributed by atoms with Gasteiger partial charge in [-0.05, 0) is 31.4 Å². The number of hydrogen-bond donors (Lipinski definition) is 2. The number of aliphatic hydroxyl groups excluding tert-OH is 1. The largest absolute Gasteiger partial charge is 0.391 e. The summed E-state index contributed by atoms with van der Waals surface area (Å²) in [5, 5.41) is 12.7. The van der Waals surface area contributed by atoms with Crippen LogP contribution in [0.3, 0.4) is 0 Å². The van der Waals surface area contributed by atoms with Gasteiger partial charge in [0, 0.05) is 20.1 Å². The van der Waals surface area contributed by atoms with Crippen molar-refractivity contribution >= 4 is 11.7 Å². The molecular weight excluding hydrogens is 320 g/mol. The van der Waals surface area contributed by atoms with Crippen LogP contribution in [0.15, 0.2) is 35.1 Å². The highest BCUT2D eigenvalue weighted by Crippen LogP contribution is 2.19. The lowest BCUT2D eigenvalue weighted by Gasteiger charge is -2.34. The highest BCUT2D eigenvalue weighted by molar-refractivity contribution is 5.90. The highest BCUT2D eigenvalue weighted by Gasteiger charge is 2.28. The lowest BCUT2D eigenvalue weighted by Crippen LogP contribution is -2.47. The molecule has 1 aromatic carbocycles. The van der Waals surface area contributed by atoms with Gasteiger partial charge in [0.15, 0.2) is 0 Å². The predicted octanol–water partition coefficient (Wildman–Crippen LogP) is 1.72. The number of aliphatic hydroxyl groups is 1. The van der Waals surface area contributed by atoms with E-state index in [2.05, 4.69) is 5.32 Å². The minimum Gasteiger partial charge on any atom is -0.391 e. The van der Waals surface area contributed by atoms with E-state index in [1.807, 2.05) is 37.3 Å². The highest BCUT2D eigenvalue weighted by atomic mass is 16.3. The van der Waals surface area contributed by atoms with Gasteiger partial charge in [0.2, 0.25) is 0 Å². The Morgan fingerprint density at radius 2 is 1.96 bits per heavy atom. The summed E-state index contributed by atoms with van der Waals surface area (Å²) in [6.07, 6.45) is 0.216. The molecule has 1 fully saturated rings. The molecule has 1 aromatic heterocycles. The lowest BCUT2D eigenvalue weighted by atomic mass is 9.96. The number of benzene rings is 1. The molecule has 2 N–H and O–H groups in total. The summed E-state index contributed by atoms with van der Waals surface area (Å²) < 4.78 is 3.25. The van der Waals surface area contributed by atoms with E-state index in [4.69, 9.17) is 0 Å². The van der Waals surface area contributed by atoms with E-state index in [1.54, 1.807) is 23.6 Å². The van der Waals surface area contributed by atoms with Gasteiger partial charge < -0.3 is 15.3 Å². The van der Waals surface area contributed by atoms with Crippen LogP contribution in [0.1, 0.15) is 19.0 Å². The molecule has 2 unspecified atom stereocenters. The molecule has 0 aliphatic carbocycles. The maximum Gasteiger partial charge on any atom is 0.322 e. The summed E-state index contributed by atoms with van der Waals surface area (Å²) in [4.78, 5) is 26.9. The third kappa shape index (κ3) is 3.19. The number of β-amino-alcohol motifs (C(OH)–C–C–N with tert-alkyl or cyclic N) is 1. The maximum absolute atomic E-state index is 12.8. The van der Waals surface area contributed by atoms with Crippen molar-refractivity contribution in [2.45, 2.75) is 26.4 Å². The molecule has 0 radical (unpaired) electrons. The first-order valence-corrected chi connectivity index (χ1v) is 8.48. The van der Waals surface area contributed by atoms with Crippen molar-refractivity contribution in [3.05, 3.63) is 46.4 Å². The van der Waals surface area contributed by atoms with Crippen molar-refractivity contribution in [3.63, 3.8) is 0 Å². The number of anilines is 1. The SMILES string of the molecule is Cc1c(NC(=O)N2CCC(C)C(O)C2)c(=O)n(-c2ccccc2)n1C. The Bertz CT molecular complexity index is 825. The fraction of sp³-hybridized carbons (Fsp3) is 0.444. The number of para-hydroxylation sites is 1. The van der Waals surface area contributed by atoms with E-state index in [9.17, 15) is 14.7 Å². The van der Waals surface area contributed by atoms with Crippen LogP contribution in [0, 0.1) is 12.8 Å². The Kier molecular flexibility index (Phi) is 4.67. The number of hydrogen-bond acceptors (Lipinski definition) is 3. The van der Waals surface area contributed by atoms with Crippen LogP contribution in [-0.2, 0) is 7.05 Å². The number of aromatic nitrogens is 2. The third-order valence-corrected chi connectivity index (χ3v) is 4.99. The number of nitrogens with zero attached hydrogens (tertiary/aromatic N) is 3. The van der Waals surface area contributed by atoms with E-state index in [1.165, 1.54) is 4.68 Å². The van der Waals surface area contributed by atoms with E-state index in [0.717, 1.165) is 12.1 Å². The molecule has 0 bridgehead atoms. The Balaban J connectivity index is 1.87. The Labute approximate surface area is 146 Å². The normalized spacial score (nSPS) is 20.6. The Morgan fingerprint density at radius 3 is 2.60 bits per heavy atom. The lowest BCUT2D eigenvalue weighted by molar-refractivity contribution is 0.0463. The summed E-state index contributed by atoms with van der Waals surface area (Å²) >= 11 is 0. The third-order valence-electron chi connectivity index (χ3n) is 4.99. The van der Waals surface area contributed by atoms with Crippen molar-refractivity contribution in [1.82, 2.24) is 14.3 Å². The topological polar surface area (TPSA) is 79.5 Å². The van der Waals surface area contributed by atoms with Gasteiger partial charge in [0.05, 0.1) is 17.5 Å². The van der Waals surface area contributed by atoms with Crippen molar-refractivity contribution in [2.75, 3.05) is 18.4 Å². The number of rotatable bonds is 2. The molecule has 25 heavy (non-hydrogen) atoms. The van der Waals surface area contributed by atoms with Gasteiger partial charge in [0.1, 0.15) is 5.69 Å². The fourth-order valence-corrected chi connectivity index (χ4v) is 3.13. The molecule has 134 valence electrons. The average Bonchev–Trinajstić information content (AvgIpc) is 2.81. The number of carbonyl (C=O) groups excluding carboxylic acids is 1. The maximum atomic E-state index is 12.8. The van der Waals surface area contributed by atoms with Gasteiger partial charge in [-0.1, -0.05) is 25.1 Å². The molecule has 1 aliphatic rings.